The molecule has 0 bridgehead atoms. The van der Waals surface area contributed by atoms with Gasteiger partial charge >= 0.3 is 0 Å². The SMILES string of the molecule is CC(C)OCC(Cc1ccc(Cl)cc1)NN. The number of ether oxygens (including phenoxy) is 1. The minimum atomic E-state index is 0.128. The Kier molecular flexibility index (Phi) is 5.77. The van der Waals surface area contributed by atoms with E-state index in [-0.39, 0.29) is 12.1 Å². The second-order valence-electron chi connectivity index (χ2n) is 4.08. The summed E-state index contributed by atoms with van der Waals surface area (Å²) in [6.07, 6.45) is 1.06. The van der Waals surface area contributed by atoms with E-state index in [1.54, 1.807) is 0 Å². The molecule has 0 aliphatic rings. The fourth-order valence-electron chi connectivity index (χ4n) is 1.38. The fraction of sp³-hybridized carbons (Fsp3) is 0.500. The molecule has 0 heterocycles. The number of rotatable bonds is 6. The van der Waals surface area contributed by atoms with Gasteiger partial charge in [0.05, 0.1) is 12.7 Å². The van der Waals surface area contributed by atoms with Crippen molar-refractivity contribution in [3.63, 3.8) is 0 Å². The minimum Gasteiger partial charge on any atom is -0.377 e. The van der Waals surface area contributed by atoms with E-state index in [1.807, 2.05) is 38.1 Å². The van der Waals surface area contributed by atoms with Crippen LogP contribution in [0.2, 0.25) is 5.02 Å². The van der Waals surface area contributed by atoms with Gasteiger partial charge < -0.3 is 4.74 Å². The lowest BCUT2D eigenvalue weighted by Gasteiger charge is -2.17. The van der Waals surface area contributed by atoms with Crippen molar-refractivity contribution in [2.45, 2.75) is 32.4 Å². The summed E-state index contributed by atoms with van der Waals surface area (Å²) in [4.78, 5) is 0. The molecule has 0 amide bonds. The van der Waals surface area contributed by atoms with Gasteiger partial charge in [0.2, 0.25) is 0 Å². The molecule has 1 unspecified atom stereocenters. The van der Waals surface area contributed by atoms with Crippen molar-refractivity contribution in [2.24, 2.45) is 5.84 Å². The summed E-state index contributed by atoms with van der Waals surface area (Å²) < 4.78 is 5.52. The Morgan fingerprint density at radius 3 is 2.44 bits per heavy atom. The van der Waals surface area contributed by atoms with Gasteiger partial charge in [-0.05, 0) is 38.0 Å². The van der Waals surface area contributed by atoms with Crippen molar-refractivity contribution in [3.05, 3.63) is 34.9 Å². The molecule has 0 aliphatic heterocycles. The number of hydrogen-bond acceptors (Lipinski definition) is 3. The third kappa shape index (κ3) is 4.94. The average molecular weight is 243 g/mol. The minimum absolute atomic E-state index is 0.128. The summed E-state index contributed by atoms with van der Waals surface area (Å²) in [7, 11) is 0. The van der Waals surface area contributed by atoms with Gasteiger partial charge in [-0.3, -0.25) is 11.3 Å². The monoisotopic (exact) mass is 242 g/mol. The zero-order valence-electron chi connectivity index (χ0n) is 9.74. The van der Waals surface area contributed by atoms with E-state index in [0.717, 1.165) is 11.4 Å². The third-order valence-corrected chi connectivity index (χ3v) is 2.51. The van der Waals surface area contributed by atoms with E-state index in [9.17, 15) is 0 Å². The molecule has 90 valence electrons. The number of nitrogens with two attached hydrogens (primary N) is 1. The molecule has 1 aromatic carbocycles. The molecule has 3 N–H and O–H groups in total. The van der Waals surface area contributed by atoms with E-state index < -0.39 is 0 Å². The summed E-state index contributed by atoms with van der Waals surface area (Å²) in [5.74, 6) is 5.48. The van der Waals surface area contributed by atoms with Crippen LogP contribution < -0.4 is 11.3 Å². The Hall–Kier alpha value is -0.610. The van der Waals surface area contributed by atoms with E-state index in [2.05, 4.69) is 5.43 Å². The second kappa shape index (κ2) is 6.86. The second-order valence-corrected chi connectivity index (χ2v) is 4.51. The molecule has 4 heteroatoms. The largest absolute Gasteiger partial charge is 0.377 e. The highest BCUT2D eigenvalue weighted by Gasteiger charge is 2.08. The Balaban J connectivity index is 2.46. The van der Waals surface area contributed by atoms with Gasteiger partial charge in [0, 0.05) is 11.1 Å². The molecule has 0 saturated carbocycles. The van der Waals surface area contributed by atoms with Crippen LogP contribution in [-0.2, 0) is 11.2 Å². The van der Waals surface area contributed by atoms with Gasteiger partial charge in [-0.1, -0.05) is 23.7 Å². The van der Waals surface area contributed by atoms with Crippen LogP contribution in [0.4, 0.5) is 0 Å². The van der Waals surface area contributed by atoms with Crippen molar-refractivity contribution in [3.8, 4) is 0 Å². The van der Waals surface area contributed by atoms with Crippen LogP contribution in [-0.4, -0.2) is 18.8 Å². The first-order valence-electron chi connectivity index (χ1n) is 5.44. The van der Waals surface area contributed by atoms with Crippen LogP contribution in [0.1, 0.15) is 19.4 Å². The molecular formula is C12H19ClN2O. The molecule has 0 saturated heterocycles. The Morgan fingerprint density at radius 1 is 1.31 bits per heavy atom. The van der Waals surface area contributed by atoms with Crippen LogP contribution in [0.25, 0.3) is 0 Å². The van der Waals surface area contributed by atoms with Crippen LogP contribution in [0.15, 0.2) is 24.3 Å². The summed E-state index contributed by atoms with van der Waals surface area (Å²) in [5.41, 5.74) is 3.96. The first kappa shape index (κ1) is 13.5. The smallest absolute Gasteiger partial charge is 0.0639 e. The van der Waals surface area contributed by atoms with Gasteiger partial charge in [-0.2, -0.15) is 0 Å². The van der Waals surface area contributed by atoms with Crippen LogP contribution >= 0.6 is 11.6 Å². The van der Waals surface area contributed by atoms with Crippen LogP contribution in [0.3, 0.4) is 0 Å². The quantitative estimate of drug-likeness (QED) is 0.594. The van der Waals surface area contributed by atoms with Crippen LogP contribution in [0.5, 0.6) is 0 Å². The normalized spacial score (nSPS) is 13.1. The summed E-state index contributed by atoms with van der Waals surface area (Å²) in [5, 5.41) is 0.749. The standard InChI is InChI=1S/C12H19ClN2O/c1-9(2)16-8-12(15-14)7-10-3-5-11(13)6-4-10/h3-6,9,12,15H,7-8,14H2,1-2H3. The van der Waals surface area contributed by atoms with Gasteiger partial charge in [-0.15, -0.1) is 0 Å². The number of hydrazine groups is 1. The van der Waals surface area contributed by atoms with E-state index >= 15 is 0 Å². The van der Waals surface area contributed by atoms with Crippen molar-refractivity contribution in [1.82, 2.24) is 5.43 Å². The van der Waals surface area contributed by atoms with Crippen LogP contribution in [0, 0.1) is 0 Å². The molecule has 1 atom stereocenters. The highest BCUT2D eigenvalue weighted by atomic mass is 35.5. The molecular weight excluding hydrogens is 224 g/mol. The van der Waals surface area contributed by atoms with Crippen molar-refractivity contribution < 1.29 is 4.74 Å². The Bertz CT molecular complexity index is 300. The molecule has 0 radical (unpaired) electrons. The fourth-order valence-corrected chi connectivity index (χ4v) is 1.51. The molecule has 3 nitrogen and oxygen atoms in total. The van der Waals surface area contributed by atoms with E-state index in [1.165, 1.54) is 5.56 Å². The van der Waals surface area contributed by atoms with E-state index in [0.29, 0.717) is 6.61 Å². The molecule has 0 aromatic heterocycles. The first-order chi connectivity index (χ1) is 7.61. The number of hydrogen-bond donors (Lipinski definition) is 2. The van der Waals surface area contributed by atoms with Crippen molar-refractivity contribution in [2.75, 3.05) is 6.61 Å². The molecule has 16 heavy (non-hydrogen) atoms. The van der Waals surface area contributed by atoms with Crippen molar-refractivity contribution in [1.29, 1.82) is 0 Å². The maximum absolute atomic E-state index is 5.82. The highest BCUT2D eigenvalue weighted by Crippen LogP contribution is 2.11. The molecule has 1 rings (SSSR count). The summed E-state index contributed by atoms with van der Waals surface area (Å²) in [6, 6.07) is 7.90. The van der Waals surface area contributed by atoms with Crippen molar-refractivity contribution >= 4 is 11.6 Å². The lowest BCUT2D eigenvalue weighted by molar-refractivity contribution is 0.0613. The maximum Gasteiger partial charge on any atom is 0.0639 e. The van der Waals surface area contributed by atoms with Gasteiger partial charge in [0.15, 0.2) is 0 Å². The third-order valence-electron chi connectivity index (χ3n) is 2.26. The predicted octanol–water partition coefficient (Wildman–Crippen LogP) is 2.14. The molecule has 0 fully saturated rings. The lowest BCUT2D eigenvalue weighted by atomic mass is 10.1. The number of nitrogens with one attached hydrogen (secondary N) is 1. The lowest BCUT2D eigenvalue weighted by Crippen LogP contribution is -2.40. The number of halogens is 1. The molecule has 1 aromatic rings. The first-order valence-corrected chi connectivity index (χ1v) is 5.81. The predicted molar refractivity (Wildman–Crippen MR) is 67.4 cm³/mol. The number of benzene rings is 1. The van der Waals surface area contributed by atoms with E-state index in [4.69, 9.17) is 22.2 Å². The van der Waals surface area contributed by atoms with Gasteiger partial charge in [0.1, 0.15) is 0 Å². The average Bonchev–Trinajstić information content (AvgIpc) is 2.26. The summed E-state index contributed by atoms with van der Waals surface area (Å²) >= 11 is 5.82. The Morgan fingerprint density at radius 2 is 1.94 bits per heavy atom. The topological polar surface area (TPSA) is 47.3 Å². The van der Waals surface area contributed by atoms with Gasteiger partial charge in [-0.25, -0.2) is 0 Å². The maximum atomic E-state index is 5.82. The zero-order valence-corrected chi connectivity index (χ0v) is 10.5. The summed E-state index contributed by atoms with van der Waals surface area (Å²) in [6.45, 7) is 4.63. The molecule has 0 spiro atoms. The highest BCUT2D eigenvalue weighted by molar-refractivity contribution is 6.30. The zero-order chi connectivity index (χ0) is 12.0. The van der Waals surface area contributed by atoms with Gasteiger partial charge in [0.25, 0.3) is 0 Å². The Labute approximate surface area is 102 Å². The molecule has 0 aliphatic carbocycles.